The smallest absolute Gasteiger partial charge is 0.156 e. The van der Waals surface area contributed by atoms with Gasteiger partial charge in [0.05, 0.1) is 12.6 Å². The molecule has 14 heavy (non-hydrogen) atoms. The highest BCUT2D eigenvalue weighted by Crippen LogP contribution is 2.11. The Hall–Kier alpha value is -0.810. The third kappa shape index (κ3) is 3.16. The maximum atomic E-state index is 8.53. The molecule has 0 radical (unpaired) electrons. The molecule has 82 valence electrons. The number of oxime groups is 1. The SMILES string of the molecule is CCC(NCC1CCOC1)C(N)=NO. The van der Waals surface area contributed by atoms with E-state index in [4.69, 9.17) is 15.7 Å². The van der Waals surface area contributed by atoms with E-state index in [1.807, 2.05) is 6.92 Å². The summed E-state index contributed by atoms with van der Waals surface area (Å²) in [7, 11) is 0. The number of ether oxygens (including phenoxy) is 1. The maximum Gasteiger partial charge on any atom is 0.156 e. The number of rotatable bonds is 5. The van der Waals surface area contributed by atoms with E-state index in [2.05, 4.69) is 10.5 Å². The van der Waals surface area contributed by atoms with E-state index in [1.165, 1.54) is 0 Å². The first kappa shape index (κ1) is 11.3. The van der Waals surface area contributed by atoms with Gasteiger partial charge in [-0.1, -0.05) is 12.1 Å². The van der Waals surface area contributed by atoms with Gasteiger partial charge in [0, 0.05) is 13.2 Å². The molecule has 0 aromatic heterocycles. The molecule has 1 aliphatic heterocycles. The van der Waals surface area contributed by atoms with Gasteiger partial charge in [0.25, 0.3) is 0 Å². The van der Waals surface area contributed by atoms with Gasteiger partial charge in [-0.3, -0.25) is 0 Å². The number of nitrogens with two attached hydrogens (primary N) is 1. The Kier molecular flexibility index (Phi) is 4.69. The molecule has 0 saturated carbocycles. The van der Waals surface area contributed by atoms with Crippen molar-refractivity contribution in [3.8, 4) is 0 Å². The van der Waals surface area contributed by atoms with Crippen molar-refractivity contribution < 1.29 is 9.94 Å². The van der Waals surface area contributed by atoms with Gasteiger partial charge in [0.2, 0.25) is 0 Å². The van der Waals surface area contributed by atoms with Crippen LogP contribution in [0.4, 0.5) is 0 Å². The lowest BCUT2D eigenvalue weighted by Crippen LogP contribution is -2.43. The summed E-state index contributed by atoms with van der Waals surface area (Å²) in [5.74, 6) is 0.821. The Morgan fingerprint density at radius 2 is 2.57 bits per heavy atom. The Labute approximate surface area is 84.3 Å². The van der Waals surface area contributed by atoms with Gasteiger partial charge in [-0.15, -0.1) is 0 Å². The van der Waals surface area contributed by atoms with E-state index in [9.17, 15) is 0 Å². The summed E-state index contributed by atoms with van der Waals surface area (Å²) in [6.07, 6.45) is 1.92. The quantitative estimate of drug-likeness (QED) is 0.256. The summed E-state index contributed by atoms with van der Waals surface area (Å²) in [4.78, 5) is 0. The monoisotopic (exact) mass is 201 g/mol. The molecule has 2 atom stereocenters. The molecule has 0 aromatic carbocycles. The minimum Gasteiger partial charge on any atom is -0.409 e. The lowest BCUT2D eigenvalue weighted by Gasteiger charge is -2.17. The summed E-state index contributed by atoms with van der Waals surface area (Å²) in [5, 5.41) is 14.8. The average molecular weight is 201 g/mol. The second kappa shape index (κ2) is 5.82. The van der Waals surface area contributed by atoms with Gasteiger partial charge < -0.3 is 21.0 Å². The topological polar surface area (TPSA) is 79.9 Å². The summed E-state index contributed by atoms with van der Waals surface area (Å²) in [5.41, 5.74) is 5.52. The van der Waals surface area contributed by atoms with Crippen molar-refractivity contribution in [2.45, 2.75) is 25.8 Å². The molecule has 1 aliphatic rings. The zero-order valence-electron chi connectivity index (χ0n) is 8.57. The van der Waals surface area contributed by atoms with Crippen LogP contribution in [-0.2, 0) is 4.74 Å². The molecule has 1 heterocycles. The average Bonchev–Trinajstić information content (AvgIpc) is 2.71. The van der Waals surface area contributed by atoms with Crippen LogP contribution in [0, 0.1) is 5.92 Å². The number of nitrogens with one attached hydrogen (secondary N) is 1. The van der Waals surface area contributed by atoms with E-state index in [1.54, 1.807) is 0 Å². The normalized spacial score (nSPS) is 25.2. The van der Waals surface area contributed by atoms with Crippen LogP contribution >= 0.6 is 0 Å². The minimum atomic E-state index is -0.0272. The molecule has 5 nitrogen and oxygen atoms in total. The Balaban J connectivity index is 2.26. The van der Waals surface area contributed by atoms with E-state index in [-0.39, 0.29) is 11.9 Å². The predicted octanol–water partition coefficient (Wildman–Crippen LogP) is 0.138. The molecule has 1 rings (SSSR count). The van der Waals surface area contributed by atoms with Crippen LogP contribution < -0.4 is 11.1 Å². The summed E-state index contributed by atoms with van der Waals surface area (Å²) in [6, 6.07) is -0.0272. The lowest BCUT2D eigenvalue weighted by atomic mass is 10.1. The van der Waals surface area contributed by atoms with Crippen molar-refractivity contribution in [2.24, 2.45) is 16.8 Å². The second-order valence-corrected chi connectivity index (χ2v) is 3.62. The van der Waals surface area contributed by atoms with Crippen LogP contribution in [0.3, 0.4) is 0 Å². The van der Waals surface area contributed by atoms with Gasteiger partial charge in [-0.25, -0.2) is 0 Å². The van der Waals surface area contributed by atoms with Crippen LogP contribution in [-0.4, -0.2) is 36.8 Å². The lowest BCUT2D eigenvalue weighted by molar-refractivity contribution is 0.185. The molecule has 0 aromatic rings. The van der Waals surface area contributed by atoms with Gasteiger partial charge in [-0.2, -0.15) is 0 Å². The third-order valence-corrected chi connectivity index (χ3v) is 2.56. The largest absolute Gasteiger partial charge is 0.409 e. The van der Waals surface area contributed by atoms with Crippen molar-refractivity contribution >= 4 is 5.84 Å². The van der Waals surface area contributed by atoms with E-state index < -0.39 is 0 Å². The van der Waals surface area contributed by atoms with E-state index in [0.29, 0.717) is 5.92 Å². The number of amidine groups is 1. The number of nitrogens with zero attached hydrogens (tertiary/aromatic N) is 1. The van der Waals surface area contributed by atoms with Crippen molar-refractivity contribution in [3.63, 3.8) is 0 Å². The fourth-order valence-electron chi connectivity index (χ4n) is 1.58. The van der Waals surface area contributed by atoms with Crippen LogP contribution in [0.5, 0.6) is 0 Å². The fourth-order valence-corrected chi connectivity index (χ4v) is 1.58. The van der Waals surface area contributed by atoms with Gasteiger partial charge in [0.1, 0.15) is 0 Å². The molecule has 1 saturated heterocycles. The zero-order chi connectivity index (χ0) is 10.4. The Morgan fingerprint density at radius 1 is 1.79 bits per heavy atom. The van der Waals surface area contributed by atoms with Gasteiger partial charge >= 0.3 is 0 Å². The highest BCUT2D eigenvalue weighted by Gasteiger charge is 2.18. The zero-order valence-corrected chi connectivity index (χ0v) is 8.57. The summed E-state index contributed by atoms with van der Waals surface area (Å²) in [6.45, 7) is 4.54. The van der Waals surface area contributed by atoms with E-state index >= 15 is 0 Å². The summed E-state index contributed by atoms with van der Waals surface area (Å²) < 4.78 is 5.26. The molecule has 0 bridgehead atoms. The molecule has 0 spiro atoms. The standard InChI is InChI=1S/C9H19N3O2/c1-2-8(9(10)12-13)11-5-7-3-4-14-6-7/h7-8,11,13H,2-6H2,1H3,(H2,10,12). The highest BCUT2D eigenvalue weighted by molar-refractivity contribution is 5.85. The molecular weight excluding hydrogens is 182 g/mol. The number of hydrogen-bond acceptors (Lipinski definition) is 4. The third-order valence-electron chi connectivity index (χ3n) is 2.56. The fraction of sp³-hybridized carbons (Fsp3) is 0.889. The highest BCUT2D eigenvalue weighted by atomic mass is 16.5. The second-order valence-electron chi connectivity index (χ2n) is 3.62. The Bertz CT molecular complexity index is 190. The molecule has 1 fully saturated rings. The van der Waals surface area contributed by atoms with Crippen LogP contribution in [0.1, 0.15) is 19.8 Å². The summed E-state index contributed by atoms with van der Waals surface area (Å²) >= 11 is 0. The molecular formula is C9H19N3O2. The molecule has 0 aliphatic carbocycles. The molecule has 5 heteroatoms. The first-order valence-corrected chi connectivity index (χ1v) is 5.06. The maximum absolute atomic E-state index is 8.53. The predicted molar refractivity (Wildman–Crippen MR) is 54.4 cm³/mol. The van der Waals surface area contributed by atoms with E-state index in [0.717, 1.165) is 32.6 Å². The van der Waals surface area contributed by atoms with Crippen molar-refractivity contribution in [1.29, 1.82) is 0 Å². The Morgan fingerprint density at radius 3 is 3.07 bits per heavy atom. The number of hydrogen-bond donors (Lipinski definition) is 3. The molecule has 0 amide bonds. The van der Waals surface area contributed by atoms with Crippen LogP contribution in [0.25, 0.3) is 0 Å². The molecule has 4 N–H and O–H groups in total. The van der Waals surface area contributed by atoms with Crippen molar-refractivity contribution in [2.75, 3.05) is 19.8 Å². The van der Waals surface area contributed by atoms with Crippen molar-refractivity contribution in [1.82, 2.24) is 5.32 Å². The van der Waals surface area contributed by atoms with Crippen LogP contribution in [0.15, 0.2) is 5.16 Å². The first-order chi connectivity index (χ1) is 6.77. The van der Waals surface area contributed by atoms with Crippen LogP contribution in [0.2, 0.25) is 0 Å². The van der Waals surface area contributed by atoms with Gasteiger partial charge in [0.15, 0.2) is 5.84 Å². The first-order valence-electron chi connectivity index (χ1n) is 5.06. The van der Waals surface area contributed by atoms with Crippen molar-refractivity contribution in [3.05, 3.63) is 0 Å². The molecule has 2 unspecified atom stereocenters. The minimum absolute atomic E-state index is 0.0272. The van der Waals surface area contributed by atoms with Gasteiger partial charge in [-0.05, 0) is 18.8 Å².